The van der Waals surface area contributed by atoms with Gasteiger partial charge >= 0.3 is 0 Å². The Morgan fingerprint density at radius 1 is 1.00 bits per heavy atom. The lowest BCUT2D eigenvalue weighted by atomic mass is 9.86. The average molecular weight is 407 g/mol. The van der Waals surface area contributed by atoms with Crippen molar-refractivity contribution in [3.8, 4) is 11.3 Å². The zero-order valence-electron chi connectivity index (χ0n) is 14.7. The van der Waals surface area contributed by atoms with E-state index in [2.05, 4.69) is 42.6 Å². The van der Waals surface area contributed by atoms with Gasteiger partial charge in [-0.2, -0.15) is 0 Å². The topological polar surface area (TPSA) is 59.1 Å². The highest BCUT2D eigenvalue weighted by molar-refractivity contribution is 7.93. The van der Waals surface area contributed by atoms with E-state index in [9.17, 15) is 8.42 Å². The fourth-order valence-corrected chi connectivity index (χ4v) is 4.48. The van der Waals surface area contributed by atoms with Gasteiger partial charge in [-0.25, -0.2) is 13.4 Å². The van der Waals surface area contributed by atoms with Gasteiger partial charge in [-0.1, -0.05) is 56.6 Å². The summed E-state index contributed by atoms with van der Waals surface area (Å²) in [5.41, 5.74) is 3.01. The summed E-state index contributed by atoms with van der Waals surface area (Å²) in [5.74, 6) is 0. The summed E-state index contributed by atoms with van der Waals surface area (Å²) in [7, 11) is -3.69. The first-order chi connectivity index (χ1) is 12.1. The molecule has 0 fully saturated rings. The third-order valence-electron chi connectivity index (χ3n) is 3.90. The third-order valence-corrected chi connectivity index (χ3v) is 6.39. The van der Waals surface area contributed by atoms with E-state index >= 15 is 0 Å². The van der Waals surface area contributed by atoms with Gasteiger partial charge in [0.15, 0.2) is 5.13 Å². The molecule has 1 aromatic heterocycles. The molecule has 0 radical (unpaired) electrons. The molecular formula is C19H19ClN2O2S2. The van der Waals surface area contributed by atoms with Crippen LogP contribution in [0.2, 0.25) is 5.02 Å². The van der Waals surface area contributed by atoms with Crippen LogP contribution in [0.4, 0.5) is 5.13 Å². The number of hydrogen-bond donors (Lipinski definition) is 1. The number of thiazole rings is 1. The molecule has 26 heavy (non-hydrogen) atoms. The van der Waals surface area contributed by atoms with Crippen LogP contribution in [-0.4, -0.2) is 13.4 Å². The van der Waals surface area contributed by atoms with Gasteiger partial charge in [-0.3, -0.25) is 4.72 Å². The van der Waals surface area contributed by atoms with Gasteiger partial charge in [0, 0.05) is 16.0 Å². The van der Waals surface area contributed by atoms with E-state index in [4.69, 9.17) is 11.6 Å². The number of benzene rings is 2. The van der Waals surface area contributed by atoms with Crippen molar-refractivity contribution in [3.05, 3.63) is 64.5 Å². The first-order valence-electron chi connectivity index (χ1n) is 8.00. The quantitative estimate of drug-likeness (QED) is 0.616. The number of nitrogens with one attached hydrogen (secondary N) is 1. The summed E-state index contributed by atoms with van der Waals surface area (Å²) < 4.78 is 27.4. The van der Waals surface area contributed by atoms with E-state index < -0.39 is 10.0 Å². The van der Waals surface area contributed by atoms with Crippen molar-refractivity contribution in [2.45, 2.75) is 31.1 Å². The molecule has 1 N–H and O–H groups in total. The molecule has 0 unspecified atom stereocenters. The molecule has 0 atom stereocenters. The molecular weight excluding hydrogens is 388 g/mol. The minimum atomic E-state index is -3.69. The normalized spacial score (nSPS) is 12.2. The SMILES string of the molecule is CC(C)(C)c1ccc(-c2csc(NS(=O)(=O)c3ccc(Cl)cc3)n2)cc1. The van der Waals surface area contributed by atoms with Gasteiger partial charge in [0.2, 0.25) is 0 Å². The second-order valence-corrected chi connectivity index (χ2v) is 9.90. The van der Waals surface area contributed by atoms with Crippen LogP contribution >= 0.6 is 22.9 Å². The van der Waals surface area contributed by atoms with Gasteiger partial charge in [-0.05, 0) is 35.2 Å². The summed E-state index contributed by atoms with van der Waals surface area (Å²) in [5, 5.41) is 2.65. The van der Waals surface area contributed by atoms with Crippen LogP contribution in [-0.2, 0) is 15.4 Å². The van der Waals surface area contributed by atoms with E-state index in [1.165, 1.54) is 29.0 Å². The van der Waals surface area contributed by atoms with Crippen molar-refractivity contribution >= 4 is 38.1 Å². The van der Waals surface area contributed by atoms with Crippen LogP contribution in [0.1, 0.15) is 26.3 Å². The Bertz CT molecular complexity index is 1000. The summed E-state index contributed by atoms with van der Waals surface area (Å²) in [4.78, 5) is 4.55. The fourth-order valence-electron chi connectivity index (χ4n) is 2.38. The fraction of sp³-hybridized carbons (Fsp3) is 0.211. The van der Waals surface area contributed by atoms with Gasteiger partial charge in [0.1, 0.15) is 0 Å². The van der Waals surface area contributed by atoms with Crippen molar-refractivity contribution < 1.29 is 8.42 Å². The van der Waals surface area contributed by atoms with E-state index in [1.54, 1.807) is 12.1 Å². The van der Waals surface area contributed by atoms with E-state index in [-0.39, 0.29) is 10.3 Å². The molecule has 0 spiro atoms. The Hall–Kier alpha value is -1.89. The van der Waals surface area contributed by atoms with Crippen LogP contribution in [0.15, 0.2) is 58.8 Å². The maximum Gasteiger partial charge on any atom is 0.263 e. The molecule has 136 valence electrons. The Morgan fingerprint density at radius 3 is 2.19 bits per heavy atom. The van der Waals surface area contributed by atoms with Gasteiger partial charge < -0.3 is 0 Å². The number of nitrogens with zero attached hydrogens (tertiary/aromatic N) is 1. The van der Waals surface area contributed by atoms with Crippen molar-refractivity contribution in [2.24, 2.45) is 0 Å². The van der Waals surface area contributed by atoms with Gasteiger partial charge in [-0.15, -0.1) is 11.3 Å². The molecule has 0 aliphatic carbocycles. The Kier molecular flexibility index (Phi) is 5.10. The standard InChI is InChI=1S/C19H19ClN2O2S2/c1-19(2,3)14-6-4-13(5-7-14)17-12-25-18(21-17)22-26(23,24)16-10-8-15(20)9-11-16/h4-12H,1-3H3,(H,21,22). The van der Waals surface area contributed by atoms with E-state index in [1.807, 2.05) is 17.5 Å². The molecule has 7 heteroatoms. The summed E-state index contributed by atoms with van der Waals surface area (Å²) in [6, 6.07) is 14.2. The minimum Gasteiger partial charge on any atom is -0.255 e. The van der Waals surface area contributed by atoms with Crippen LogP contribution in [0.3, 0.4) is 0 Å². The zero-order valence-corrected chi connectivity index (χ0v) is 17.0. The zero-order chi connectivity index (χ0) is 18.9. The maximum atomic E-state index is 12.4. The largest absolute Gasteiger partial charge is 0.263 e. The smallest absolute Gasteiger partial charge is 0.255 e. The number of halogens is 1. The monoisotopic (exact) mass is 406 g/mol. The molecule has 0 aliphatic heterocycles. The van der Waals surface area contributed by atoms with Crippen LogP contribution in [0.25, 0.3) is 11.3 Å². The highest BCUT2D eigenvalue weighted by atomic mass is 35.5. The number of sulfonamides is 1. The predicted molar refractivity (Wildman–Crippen MR) is 109 cm³/mol. The lowest BCUT2D eigenvalue weighted by molar-refractivity contribution is 0.590. The lowest BCUT2D eigenvalue weighted by Crippen LogP contribution is -2.12. The van der Waals surface area contributed by atoms with Crippen molar-refractivity contribution in [1.29, 1.82) is 0 Å². The molecule has 0 bridgehead atoms. The first kappa shape index (κ1) is 18.9. The molecule has 0 amide bonds. The minimum absolute atomic E-state index is 0.0833. The number of hydrogen-bond acceptors (Lipinski definition) is 4. The highest BCUT2D eigenvalue weighted by Crippen LogP contribution is 2.29. The second-order valence-electron chi connectivity index (χ2n) is 6.92. The summed E-state index contributed by atoms with van der Waals surface area (Å²) in [6.07, 6.45) is 0. The maximum absolute atomic E-state index is 12.4. The second kappa shape index (κ2) is 7.02. The molecule has 3 aromatic rings. The highest BCUT2D eigenvalue weighted by Gasteiger charge is 2.17. The Balaban J connectivity index is 1.80. The molecule has 4 nitrogen and oxygen atoms in total. The molecule has 1 heterocycles. The Morgan fingerprint density at radius 2 is 1.62 bits per heavy atom. The van der Waals surface area contributed by atoms with Crippen LogP contribution < -0.4 is 4.72 Å². The molecule has 0 saturated heterocycles. The molecule has 0 aliphatic rings. The van der Waals surface area contributed by atoms with E-state index in [0.717, 1.165) is 11.3 Å². The summed E-state index contributed by atoms with van der Waals surface area (Å²) in [6.45, 7) is 6.48. The van der Waals surface area contributed by atoms with Crippen LogP contribution in [0, 0.1) is 0 Å². The lowest BCUT2D eigenvalue weighted by Gasteiger charge is -2.18. The number of anilines is 1. The number of aromatic nitrogens is 1. The predicted octanol–water partition coefficient (Wildman–Crippen LogP) is 5.56. The van der Waals surface area contributed by atoms with Gasteiger partial charge in [0.25, 0.3) is 10.0 Å². The third kappa shape index (κ3) is 4.26. The van der Waals surface area contributed by atoms with Crippen molar-refractivity contribution in [3.63, 3.8) is 0 Å². The van der Waals surface area contributed by atoms with Crippen molar-refractivity contribution in [2.75, 3.05) is 4.72 Å². The van der Waals surface area contributed by atoms with Crippen LogP contribution in [0.5, 0.6) is 0 Å². The Labute approximate surface area is 162 Å². The molecule has 2 aromatic carbocycles. The molecule has 3 rings (SSSR count). The number of rotatable bonds is 4. The first-order valence-corrected chi connectivity index (χ1v) is 10.7. The molecule has 0 saturated carbocycles. The van der Waals surface area contributed by atoms with Crippen molar-refractivity contribution in [1.82, 2.24) is 4.98 Å². The average Bonchev–Trinajstić information content (AvgIpc) is 3.02. The van der Waals surface area contributed by atoms with E-state index in [0.29, 0.717) is 10.2 Å². The summed E-state index contributed by atoms with van der Waals surface area (Å²) >= 11 is 7.06. The van der Waals surface area contributed by atoms with Gasteiger partial charge in [0.05, 0.1) is 10.6 Å².